The summed E-state index contributed by atoms with van der Waals surface area (Å²) >= 11 is 17.9. The number of benzene rings is 1. The van der Waals surface area contributed by atoms with Crippen molar-refractivity contribution in [3.63, 3.8) is 0 Å². The second kappa shape index (κ2) is 4.69. The zero-order chi connectivity index (χ0) is 12.6. The fourth-order valence-corrected chi connectivity index (χ4v) is 2.24. The van der Waals surface area contributed by atoms with Crippen LogP contribution in [0.1, 0.15) is 10.5 Å². The topological polar surface area (TPSA) is 39.2 Å². The van der Waals surface area contributed by atoms with Gasteiger partial charge >= 0.3 is 5.97 Å². The number of methoxy groups -OCH3 is 1. The van der Waals surface area contributed by atoms with E-state index in [9.17, 15) is 4.79 Å². The molecule has 1 aromatic carbocycles. The van der Waals surface area contributed by atoms with Crippen molar-refractivity contribution in [2.75, 3.05) is 7.11 Å². The molecule has 0 atom stereocenters. The molecule has 1 aromatic heterocycles. The van der Waals surface area contributed by atoms with Crippen molar-refractivity contribution in [1.82, 2.24) is 4.98 Å². The molecule has 0 aliphatic heterocycles. The first-order valence-corrected chi connectivity index (χ1v) is 5.70. The van der Waals surface area contributed by atoms with Gasteiger partial charge in [0.05, 0.1) is 12.1 Å². The number of carbonyl (C=O) groups excluding carboxylic acids is 1. The molecule has 0 amide bonds. The van der Waals surface area contributed by atoms with E-state index >= 15 is 0 Å². The average molecular weight is 291 g/mol. The molecule has 0 unspecified atom stereocenters. The van der Waals surface area contributed by atoms with Crippen LogP contribution in [-0.2, 0) is 4.74 Å². The second-order valence-electron chi connectivity index (χ2n) is 3.27. The molecule has 0 spiro atoms. The molecule has 3 nitrogen and oxygen atoms in total. The molecular formula is C11H6Cl3NO2. The van der Waals surface area contributed by atoms with Gasteiger partial charge in [0.1, 0.15) is 5.15 Å². The fourth-order valence-electron chi connectivity index (χ4n) is 1.45. The van der Waals surface area contributed by atoms with E-state index in [-0.39, 0.29) is 10.8 Å². The summed E-state index contributed by atoms with van der Waals surface area (Å²) in [7, 11) is 1.27. The summed E-state index contributed by atoms with van der Waals surface area (Å²) in [6.45, 7) is 0. The smallest absolute Gasteiger partial charge is 0.356 e. The van der Waals surface area contributed by atoms with E-state index in [1.165, 1.54) is 13.2 Å². The highest BCUT2D eigenvalue weighted by Crippen LogP contribution is 2.32. The van der Waals surface area contributed by atoms with Crippen molar-refractivity contribution in [3.05, 3.63) is 39.1 Å². The predicted octanol–water partition coefficient (Wildman–Crippen LogP) is 3.98. The van der Waals surface area contributed by atoms with Crippen LogP contribution in [0.15, 0.2) is 18.2 Å². The Labute approximate surface area is 112 Å². The molecule has 0 bridgehead atoms. The molecule has 0 aliphatic rings. The van der Waals surface area contributed by atoms with Crippen LogP contribution in [0, 0.1) is 0 Å². The number of fused-ring (bicyclic) bond motifs is 1. The molecule has 0 aliphatic carbocycles. The van der Waals surface area contributed by atoms with Gasteiger partial charge in [-0.25, -0.2) is 9.78 Å². The molecular weight excluding hydrogens is 284 g/mol. The Morgan fingerprint density at radius 3 is 2.53 bits per heavy atom. The highest BCUT2D eigenvalue weighted by atomic mass is 35.5. The van der Waals surface area contributed by atoms with Crippen molar-refractivity contribution in [2.45, 2.75) is 0 Å². The molecule has 0 saturated carbocycles. The van der Waals surface area contributed by atoms with Crippen molar-refractivity contribution >= 4 is 51.5 Å². The van der Waals surface area contributed by atoms with E-state index in [0.717, 1.165) is 0 Å². The van der Waals surface area contributed by atoms with Crippen LogP contribution in [0.25, 0.3) is 10.8 Å². The minimum Gasteiger partial charge on any atom is -0.464 e. The van der Waals surface area contributed by atoms with Crippen LogP contribution in [0.2, 0.25) is 15.2 Å². The number of hydrogen-bond donors (Lipinski definition) is 0. The van der Waals surface area contributed by atoms with E-state index in [2.05, 4.69) is 9.72 Å². The standard InChI is InChI=1S/C11H6Cl3NO2/c1-17-11(16)9-4-6-7(10(14)15-9)2-5(12)3-8(6)13/h2-4H,1H3. The molecule has 17 heavy (non-hydrogen) atoms. The fraction of sp³-hybridized carbons (Fsp3) is 0.0909. The minimum absolute atomic E-state index is 0.106. The van der Waals surface area contributed by atoms with Gasteiger partial charge in [-0.15, -0.1) is 0 Å². The summed E-state index contributed by atoms with van der Waals surface area (Å²) in [5.74, 6) is -0.570. The maximum absolute atomic E-state index is 11.4. The molecule has 6 heteroatoms. The van der Waals surface area contributed by atoms with Crippen LogP contribution >= 0.6 is 34.8 Å². The number of pyridine rings is 1. The first-order chi connectivity index (χ1) is 8.02. The van der Waals surface area contributed by atoms with Crippen LogP contribution in [0.3, 0.4) is 0 Å². The summed E-state index contributed by atoms with van der Waals surface area (Å²) in [4.78, 5) is 15.3. The zero-order valence-corrected chi connectivity index (χ0v) is 10.9. The number of esters is 1. The Hall–Kier alpha value is -1.03. The molecule has 2 rings (SSSR count). The molecule has 0 fully saturated rings. The molecule has 88 valence electrons. The maximum Gasteiger partial charge on any atom is 0.356 e. The predicted molar refractivity (Wildman–Crippen MR) is 68.1 cm³/mol. The van der Waals surface area contributed by atoms with Gasteiger partial charge < -0.3 is 4.74 Å². The van der Waals surface area contributed by atoms with Gasteiger partial charge in [0, 0.05) is 15.8 Å². The van der Waals surface area contributed by atoms with Gasteiger partial charge in [-0.2, -0.15) is 0 Å². The number of hydrogen-bond acceptors (Lipinski definition) is 3. The third-order valence-electron chi connectivity index (χ3n) is 2.21. The minimum atomic E-state index is -0.570. The number of rotatable bonds is 1. The van der Waals surface area contributed by atoms with Gasteiger partial charge in [0.15, 0.2) is 5.69 Å². The summed E-state index contributed by atoms with van der Waals surface area (Å²) in [6.07, 6.45) is 0. The van der Waals surface area contributed by atoms with Crippen LogP contribution in [-0.4, -0.2) is 18.1 Å². The van der Waals surface area contributed by atoms with Gasteiger partial charge in [-0.05, 0) is 18.2 Å². The monoisotopic (exact) mass is 289 g/mol. The van der Waals surface area contributed by atoms with Crippen LogP contribution in [0.5, 0.6) is 0 Å². The number of ether oxygens (including phenoxy) is 1. The van der Waals surface area contributed by atoms with Crippen molar-refractivity contribution in [2.24, 2.45) is 0 Å². The summed E-state index contributed by atoms with van der Waals surface area (Å²) in [5, 5.41) is 2.22. The lowest BCUT2D eigenvalue weighted by Crippen LogP contribution is -2.04. The molecule has 0 N–H and O–H groups in total. The van der Waals surface area contributed by atoms with E-state index < -0.39 is 5.97 Å². The maximum atomic E-state index is 11.4. The van der Waals surface area contributed by atoms with Crippen molar-refractivity contribution in [3.8, 4) is 0 Å². The summed E-state index contributed by atoms with van der Waals surface area (Å²) in [6, 6.07) is 4.73. The summed E-state index contributed by atoms with van der Waals surface area (Å²) < 4.78 is 4.57. The van der Waals surface area contributed by atoms with Crippen LogP contribution in [0.4, 0.5) is 0 Å². The summed E-state index contributed by atoms with van der Waals surface area (Å²) in [5.41, 5.74) is 0.106. The third-order valence-corrected chi connectivity index (χ3v) is 3.03. The number of carbonyl (C=O) groups is 1. The largest absolute Gasteiger partial charge is 0.464 e. The molecule has 2 aromatic rings. The van der Waals surface area contributed by atoms with E-state index in [4.69, 9.17) is 34.8 Å². The Morgan fingerprint density at radius 1 is 1.18 bits per heavy atom. The van der Waals surface area contributed by atoms with Gasteiger partial charge in [-0.3, -0.25) is 0 Å². The molecule has 0 saturated heterocycles. The lowest BCUT2D eigenvalue weighted by Gasteiger charge is -2.06. The number of aromatic nitrogens is 1. The zero-order valence-electron chi connectivity index (χ0n) is 8.63. The Morgan fingerprint density at radius 2 is 1.88 bits per heavy atom. The lowest BCUT2D eigenvalue weighted by atomic mass is 10.1. The number of halogens is 3. The third kappa shape index (κ3) is 2.32. The highest BCUT2D eigenvalue weighted by Gasteiger charge is 2.13. The van der Waals surface area contributed by atoms with Gasteiger partial charge in [0.25, 0.3) is 0 Å². The second-order valence-corrected chi connectivity index (χ2v) is 4.47. The van der Waals surface area contributed by atoms with Gasteiger partial charge in [0.2, 0.25) is 0 Å². The van der Waals surface area contributed by atoms with E-state index in [0.29, 0.717) is 20.8 Å². The van der Waals surface area contributed by atoms with Crippen molar-refractivity contribution < 1.29 is 9.53 Å². The Kier molecular flexibility index (Phi) is 3.43. The lowest BCUT2D eigenvalue weighted by molar-refractivity contribution is 0.0594. The van der Waals surface area contributed by atoms with E-state index in [1.807, 2.05) is 0 Å². The Balaban J connectivity index is 2.77. The Bertz CT molecular complexity index is 613. The van der Waals surface area contributed by atoms with E-state index in [1.54, 1.807) is 12.1 Å². The normalized spacial score (nSPS) is 10.6. The molecule has 0 radical (unpaired) electrons. The molecule has 1 heterocycles. The van der Waals surface area contributed by atoms with Gasteiger partial charge in [-0.1, -0.05) is 34.8 Å². The quantitative estimate of drug-likeness (QED) is 0.589. The SMILES string of the molecule is COC(=O)c1cc2c(Cl)cc(Cl)cc2c(Cl)n1. The average Bonchev–Trinajstić information content (AvgIpc) is 2.29. The number of nitrogens with zero attached hydrogens (tertiary/aromatic N) is 1. The first-order valence-electron chi connectivity index (χ1n) is 4.56. The first kappa shape index (κ1) is 12.4. The van der Waals surface area contributed by atoms with Crippen LogP contribution < -0.4 is 0 Å². The highest BCUT2D eigenvalue weighted by molar-refractivity contribution is 6.41. The van der Waals surface area contributed by atoms with Crippen molar-refractivity contribution in [1.29, 1.82) is 0 Å².